The van der Waals surface area contributed by atoms with Crippen molar-refractivity contribution in [1.82, 2.24) is 0 Å². The first-order valence-electron chi connectivity index (χ1n) is 7.37. The zero-order valence-electron chi connectivity index (χ0n) is 13.3. The molecule has 2 N–H and O–H groups in total. The summed E-state index contributed by atoms with van der Waals surface area (Å²) in [4.78, 5) is 8.86. The first-order valence-corrected chi connectivity index (χ1v) is 9.94. The van der Waals surface area contributed by atoms with Gasteiger partial charge in [-0.15, -0.1) is 23.2 Å². The van der Waals surface area contributed by atoms with Crippen molar-refractivity contribution in [2.75, 3.05) is 20.5 Å². The normalized spacial score (nSPS) is 55.3. The van der Waals surface area contributed by atoms with Gasteiger partial charge >= 0.3 is 0 Å². The van der Waals surface area contributed by atoms with E-state index in [0.717, 1.165) is 6.26 Å². The Morgan fingerprint density at radius 3 is 2.24 bits per heavy atom. The highest BCUT2D eigenvalue weighted by atomic mass is 35.5. The lowest BCUT2D eigenvalue weighted by atomic mass is 9.77. The van der Waals surface area contributed by atoms with Gasteiger partial charge in [-0.3, -0.25) is 8.98 Å². The fraction of sp³-hybridized carbons (Fsp3) is 0.923. The van der Waals surface area contributed by atoms with E-state index in [9.17, 15) is 23.4 Å². The smallest absolute Gasteiger partial charge is 0.264 e. The third-order valence-electron chi connectivity index (χ3n) is 5.94. The van der Waals surface area contributed by atoms with Crippen LogP contribution in [0.5, 0.6) is 0 Å². The molecule has 142 valence electrons. The maximum Gasteiger partial charge on any atom is 0.264 e. The minimum Gasteiger partial charge on any atom is -0.388 e. The third-order valence-corrected chi connectivity index (χ3v) is 7.94. The number of rotatable bonds is 4. The number of alkyl halides is 2. The van der Waals surface area contributed by atoms with Crippen LogP contribution in [-0.4, -0.2) is 84.5 Å². The van der Waals surface area contributed by atoms with Gasteiger partial charge in [-0.05, 0) is 0 Å². The minimum atomic E-state index is -4.00. The van der Waals surface area contributed by atoms with E-state index in [0.29, 0.717) is 0 Å². The summed E-state index contributed by atoms with van der Waals surface area (Å²) in [5, 5.41) is 21.4. The maximum absolute atomic E-state index is 13.0. The molecule has 0 unspecified atom stereocenters. The Kier molecular flexibility index (Phi) is 3.43. The predicted octanol–water partition coefficient (Wildman–Crippen LogP) is -1.43. The van der Waals surface area contributed by atoms with Gasteiger partial charge in [0.25, 0.3) is 15.9 Å². The second-order valence-corrected chi connectivity index (χ2v) is 9.60. The molecule has 4 aliphatic rings. The zero-order valence-corrected chi connectivity index (χ0v) is 15.6. The quantitative estimate of drug-likeness (QED) is 0.320. The second kappa shape index (κ2) is 4.68. The molecule has 0 aromatic rings. The first-order chi connectivity index (χ1) is 11.4. The molecule has 0 radical (unpaired) electrons. The summed E-state index contributed by atoms with van der Waals surface area (Å²) in [7, 11) is -1.61. The third kappa shape index (κ3) is 1.53. The Morgan fingerprint density at radius 2 is 1.76 bits per heavy atom. The van der Waals surface area contributed by atoms with Crippen LogP contribution in [0, 0.1) is 11.8 Å². The fourth-order valence-electron chi connectivity index (χ4n) is 5.31. The van der Waals surface area contributed by atoms with Crippen LogP contribution in [0.4, 0.5) is 0 Å². The lowest BCUT2D eigenvalue weighted by Gasteiger charge is -2.40. The van der Waals surface area contributed by atoms with Crippen molar-refractivity contribution in [3.05, 3.63) is 0 Å². The van der Waals surface area contributed by atoms with Crippen LogP contribution in [0.15, 0.2) is 0 Å². The summed E-state index contributed by atoms with van der Waals surface area (Å²) in [6.45, 7) is 0. The maximum atomic E-state index is 13.0. The number of fused-ring (bicyclic) bond motifs is 2. The first kappa shape index (κ1) is 18.3. The van der Waals surface area contributed by atoms with Gasteiger partial charge in [0.05, 0.1) is 12.4 Å². The Hall–Kier alpha value is -0.0400. The van der Waals surface area contributed by atoms with Crippen LogP contribution in [0.2, 0.25) is 0 Å². The SMILES string of the molecule is COC1(OC)[C@@]2(Cl)C(=O)[C@]3(O)O[C@@H]4[C@@H](O)[C@@H](OS(C)(=O)=O)[C@H]2[C@@H]4[C@]13Cl. The van der Waals surface area contributed by atoms with E-state index < -0.39 is 67.4 Å². The molecule has 3 aliphatic carbocycles. The van der Waals surface area contributed by atoms with Gasteiger partial charge in [0.15, 0.2) is 9.75 Å². The highest BCUT2D eigenvalue weighted by molar-refractivity contribution is 7.86. The van der Waals surface area contributed by atoms with Gasteiger partial charge in [0, 0.05) is 26.1 Å². The van der Waals surface area contributed by atoms with Crippen LogP contribution in [-0.2, 0) is 33.3 Å². The molecule has 0 amide bonds. The molecule has 0 aromatic heterocycles. The molecule has 8 atom stereocenters. The second-order valence-electron chi connectivity index (χ2n) is 6.81. The molecule has 2 bridgehead atoms. The number of Topliss-reactive ketones (excluding diaryl/α,β-unsaturated/α-hetero) is 1. The topological polar surface area (TPSA) is 129 Å². The molecule has 9 nitrogen and oxygen atoms in total. The number of carbonyl (C=O) groups excluding carboxylic acids is 1. The number of halogens is 2. The van der Waals surface area contributed by atoms with Crippen molar-refractivity contribution in [3.8, 4) is 0 Å². The van der Waals surface area contributed by atoms with Gasteiger partial charge in [0.2, 0.25) is 11.6 Å². The molecule has 4 fully saturated rings. The summed E-state index contributed by atoms with van der Waals surface area (Å²) in [5.41, 5.74) is 0. The van der Waals surface area contributed by atoms with E-state index in [-0.39, 0.29) is 0 Å². The lowest BCUT2D eigenvalue weighted by molar-refractivity contribution is -0.253. The molecule has 1 aliphatic heterocycles. The lowest BCUT2D eigenvalue weighted by Crippen LogP contribution is -2.60. The molecule has 12 heteroatoms. The van der Waals surface area contributed by atoms with Crippen LogP contribution in [0.1, 0.15) is 0 Å². The molecular weight excluding hydrogens is 403 g/mol. The Labute approximate surface area is 153 Å². The van der Waals surface area contributed by atoms with Crippen molar-refractivity contribution in [2.24, 2.45) is 11.8 Å². The van der Waals surface area contributed by atoms with Crippen LogP contribution in [0.25, 0.3) is 0 Å². The Balaban J connectivity index is 1.98. The highest BCUT2D eigenvalue weighted by Gasteiger charge is 3.01. The van der Waals surface area contributed by atoms with Crippen molar-refractivity contribution < 1.29 is 41.8 Å². The molecule has 1 heterocycles. The number of ketones is 1. The number of ether oxygens (including phenoxy) is 3. The molecule has 1 saturated heterocycles. The van der Waals surface area contributed by atoms with Crippen molar-refractivity contribution in [1.29, 1.82) is 0 Å². The number of carbonyl (C=O) groups is 1. The molecule has 3 saturated carbocycles. The number of aliphatic hydroxyl groups excluding tert-OH is 1. The summed E-state index contributed by atoms with van der Waals surface area (Å²) in [6.07, 6.45) is -3.27. The van der Waals surface area contributed by atoms with Crippen LogP contribution < -0.4 is 0 Å². The molecule has 25 heavy (non-hydrogen) atoms. The van der Waals surface area contributed by atoms with E-state index >= 15 is 0 Å². The number of aliphatic hydroxyl groups is 2. The zero-order chi connectivity index (χ0) is 18.8. The standard InChI is InChI=1S/C13H16Cl2O9S/c1-21-13(22-2)10(14)4-5-7(6(16)8(4)24-25(3,19)20)23-12(18,9(10)17)11(5,13)15/h4-8,16,18H,1-3H3/t4-,5+,6-,7+,8+,10+,11-,12+/m1/s1. The molecule has 4 rings (SSSR count). The minimum absolute atomic E-state index is 0.803. The average Bonchev–Trinajstić information content (AvgIpc) is 2.99. The van der Waals surface area contributed by atoms with Crippen molar-refractivity contribution in [2.45, 2.75) is 39.6 Å². The average molecular weight is 419 g/mol. The van der Waals surface area contributed by atoms with Gasteiger partial charge < -0.3 is 24.4 Å². The monoisotopic (exact) mass is 418 g/mol. The van der Waals surface area contributed by atoms with E-state index in [4.69, 9.17) is 41.6 Å². The summed E-state index contributed by atoms with van der Waals surface area (Å²) in [5.74, 6) is -7.66. The predicted molar refractivity (Wildman–Crippen MR) is 81.5 cm³/mol. The summed E-state index contributed by atoms with van der Waals surface area (Å²) in [6, 6.07) is 0. The number of hydrogen-bond donors (Lipinski definition) is 2. The van der Waals surface area contributed by atoms with Gasteiger partial charge in [0.1, 0.15) is 12.2 Å². The van der Waals surface area contributed by atoms with Gasteiger partial charge in [-0.1, -0.05) is 0 Å². The van der Waals surface area contributed by atoms with Crippen molar-refractivity contribution >= 4 is 39.1 Å². The van der Waals surface area contributed by atoms with E-state index in [1.807, 2.05) is 0 Å². The van der Waals surface area contributed by atoms with E-state index in [2.05, 4.69) is 0 Å². The van der Waals surface area contributed by atoms with Gasteiger partial charge in [-0.2, -0.15) is 8.42 Å². The van der Waals surface area contributed by atoms with Crippen LogP contribution in [0.3, 0.4) is 0 Å². The van der Waals surface area contributed by atoms with E-state index in [1.54, 1.807) is 0 Å². The number of hydrogen-bond acceptors (Lipinski definition) is 9. The number of methoxy groups -OCH3 is 2. The van der Waals surface area contributed by atoms with Crippen LogP contribution >= 0.6 is 23.2 Å². The molecule has 0 aromatic carbocycles. The van der Waals surface area contributed by atoms with Crippen molar-refractivity contribution in [3.63, 3.8) is 0 Å². The summed E-state index contributed by atoms with van der Waals surface area (Å²) < 4.78 is 44.5. The Bertz CT molecular complexity index is 769. The largest absolute Gasteiger partial charge is 0.388 e. The fourth-order valence-corrected chi connectivity index (χ4v) is 7.38. The molecular formula is C13H16Cl2O9S. The molecule has 0 spiro atoms. The highest BCUT2D eigenvalue weighted by Crippen LogP contribution is 2.79. The Morgan fingerprint density at radius 1 is 1.20 bits per heavy atom. The van der Waals surface area contributed by atoms with Gasteiger partial charge in [-0.25, -0.2) is 0 Å². The summed E-state index contributed by atoms with van der Waals surface area (Å²) >= 11 is 13.3. The van der Waals surface area contributed by atoms with E-state index in [1.165, 1.54) is 14.2 Å².